The summed E-state index contributed by atoms with van der Waals surface area (Å²) in [5, 5.41) is 3.39. The third-order valence-corrected chi connectivity index (χ3v) is 3.85. The molecule has 104 valence electrons. The van der Waals surface area contributed by atoms with Gasteiger partial charge in [-0.3, -0.25) is 0 Å². The van der Waals surface area contributed by atoms with Crippen LogP contribution in [0.25, 0.3) is 0 Å². The largest absolute Gasteiger partial charge is 0.383 e. The van der Waals surface area contributed by atoms with Gasteiger partial charge in [-0.2, -0.15) is 0 Å². The Morgan fingerprint density at radius 1 is 1.15 bits per heavy atom. The van der Waals surface area contributed by atoms with E-state index in [2.05, 4.69) is 47.3 Å². The van der Waals surface area contributed by atoms with Gasteiger partial charge in [-0.25, -0.2) is 9.97 Å². The van der Waals surface area contributed by atoms with Crippen molar-refractivity contribution in [3.8, 4) is 0 Å². The van der Waals surface area contributed by atoms with Crippen LogP contribution in [0.3, 0.4) is 0 Å². The Labute approximate surface area is 119 Å². The van der Waals surface area contributed by atoms with Crippen LogP contribution in [-0.4, -0.2) is 9.97 Å². The van der Waals surface area contributed by atoms with E-state index in [9.17, 15) is 0 Å². The van der Waals surface area contributed by atoms with Gasteiger partial charge in [0.1, 0.15) is 18.0 Å². The van der Waals surface area contributed by atoms with Crippen molar-refractivity contribution < 1.29 is 0 Å². The molecule has 0 aliphatic heterocycles. The van der Waals surface area contributed by atoms with Crippen molar-refractivity contribution in [2.24, 2.45) is 0 Å². The van der Waals surface area contributed by atoms with Crippen LogP contribution in [0.1, 0.15) is 42.9 Å². The maximum absolute atomic E-state index is 5.98. The molecule has 3 N–H and O–H groups in total. The van der Waals surface area contributed by atoms with Crippen LogP contribution in [0, 0.1) is 0 Å². The van der Waals surface area contributed by atoms with Crippen molar-refractivity contribution in [3.63, 3.8) is 0 Å². The molecule has 0 radical (unpaired) electrons. The number of fused-ring (bicyclic) bond motifs is 1. The first-order valence-corrected chi connectivity index (χ1v) is 7.14. The highest BCUT2D eigenvalue weighted by molar-refractivity contribution is 5.65. The predicted octanol–water partition coefficient (Wildman–Crippen LogP) is 3.41. The van der Waals surface area contributed by atoms with Crippen LogP contribution in [0.15, 0.2) is 24.5 Å². The van der Waals surface area contributed by atoms with Crippen LogP contribution in [-0.2, 0) is 12.8 Å². The van der Waals surface area contributed by atoms with Crippen molar-refractivity contribution in [1.29, 1.82) is 0 Å². The van der Waals surface area contributed by atoms with Gasteiger partial charge in [0.15, 0.2) is 0 Å². The third-order valence-electron chi connectivity index (χ3n) is 3.85. The zero-order valence-electron chi connectivity index (χ0n) is 12.0. The third kappa shape index (κ3) is 2.33. The standard InChI is InChI=1S/C16H20N4/c1-10(2)14-15(17)18-9-19-16(14)20-13-7-6-11-4-3-5-12(11)8-13/h6-10H,3-5H2,1-2H3,(H3,17,18,19,20). The maximum Gasteiger partial charge on any atom is 0.139 e. The van der Waals surface area contributed by atoms with Crippen molar-refractivity contribution in [2.45, 2.75) is 39.0 Å². The van der Waals surface area contributed by atoms with Crippen LogP contribution in [0.5, 0.6) is 0 Å². The number of aryl methyl sites for hydroxylation is 2. The Morgan fingerprint density at radius 2 is 1.95 bits per heavy atom. The fourth-order valence-electron chi connectivity index (χ4n) is 2.86. The molecule has 4 heteroatoms. The first-order valence-electron chi connectivity index (χ1n) is 7.14. The number of anilines is 3. The predicted molar refractivity (Wildman–Crippen MR) is 82.3 cm³/mol. The summed E-state index contributed by atoms with van der Waals surface area (Å²) in [6, 6.07) is 6.56. The molecule has 3 rings (SSSR count). The number of nitrogen functional groups attached to an aromatic ring is 1. The van der Waals surface area contributed by atoms with Crippen molar-refractivity contribution >= 4 is 17.3 Å². The topological polar surface area (TPSA) is 63.8 Å². The number of hydrogen-bond donors (Lipinski definition) is 2. The average Bonchev–Trinajstić information content (AvgIpc) is 2.85. The Bertz CT molecular complexity index is 634. The number of hydrogen-bond acceptors (Lipinski definition) is 4. The van der Waals surface area contributed by atoms with Gasteiger partial charge in [-0.1, -0.05) is 19.9 Å². The number of nitrogens with zero attached hydrogens (tertiary/aromatic N) is 2. The van der Waals surface area contributed by atoms with Crippen molar-refractivity contribution in [1.82, 2.24) is 9.97 Å². The first kappa shape index (κ1) is 12.9. The molecule has 1 heterocycles. The van der Waals surface area contributed by atoms with E-state index in [-0.39, 0.29) is 5.92 Å². The fraction of sp³-hybridized carbons (Fsp3) is 0.375. The van der Waals surface area contributed by atoms with E-state index < -0.39 is 0 Å². The Morgan fingerprint density at radius 3 is 2.75 bits per heavy atom. The quantitative estimate of drug-likeness (QED) is 0.895. The minimum atomic E-state index is 0.285. The normalized spacial score (nSPS) is 13.6. The summed E-state index contributed by atoms with van der Waals surface area (Å²) >= 11 is 0. The molecule has 0 atom stereocenters. The molecule has 0 spiro atoms. The summed E-state index contributed by atoms with van der Waals surface area (Å²) in [7, 11) is 0. The zero-order chi connectivity index (χ0) is 14.1. The summed E-state index contributed by atoms with van der Waals surface area (Å²) in [6.45, 7) is 4.20. The summed E-state index contributed by atoms with van der Waals surface area (Å²) in [5.74, 6) is 1.65. The Kier molecular flexibility index (Phi) is 3.30. The van der Waals surface area contributed by atoms with E-state index in [1.807, 2.05) is 0 Å². The molecule has 4 nitrogen and oxygen atoms in total. The Balaban J connectivity index is 1.93. The van der Waals surface area contributed by atoms with Gasteiger partial charge in [-0.15, -0.1) is 0 Å². The van der Waals surface area contributed by atoms with Crippen LogP contribution < -0.4 is 11.1 Å². The molecule has 0 saturated carbocycles. The maximum atomic E-state index is 5.98. The van der Waals surface area contributed by atoms with Gasteiger partial charge in [0.05, 0.1) is 0 Å². The molecule has 1 aromatic heterocycles. The van der Waals surface area contributed by atoms with Gasteiger partial charge < -0.3 is 11.1 Å². The van der Waals surface area contributed by atoms with E-state index in [1.54, 1.807) is 0 Å². The lowest BCUT2D eigenvalue weighted by Crippen LogP contribution is -2.06. The summed E-state index contributed by atoms with van der Waals surface area (Å²) in [5.41, 5.74) is 11.0. The minimum absolute atomic E-state index is 0.285. The summed E-state index contributed by atoms with van der Waals surface area (Å²) in [4.78, 5) is 8.43. The highest BCUT2D eigenvalue weighted by atomic mass is 15.0. The lowest BCUT2D eigenvalue weighted by molar-refractivity contribution is 0.855. The van der Waals surface area contributed by atoms with Crippen molar-refractivity contribution in [2.75, 3.05) is 11.1 Å². The van der Waals surface area contributed by atoms with Crippen molar-refractivity contribution in [3.05, 3.63) is 41.2 Å². The van der Waals surface area contributed by atoms with E-state index >= 15 is 0 Å². The van der Waals surface area contributed by atoms with Gasteiger partial charge in [0.2, 0.25) is 0 Å². The van der Waals surface area contributed by atoms with Gasteiger partial charge >= 0.3 is 0 Å². The molecular weight excluding hydrogens is 248 g/mol. The first-order chi connectivity index (χ1) is 9.65. The molecule has 0 fully saturated rings. The Hall–Kier alpha value is -2.10. The van der Waals surface area contributed by atoms with E-state index in [1.165, 1.54) is 36.7 Å². The second kappa shape index (κ2) is 5.12. The number of nitrogens with one attached hydrogen (secondary N) is 1. The second-order valence-corrected chi connectivity index (χ2v) is 5.64. The van der Waals surface area contributed by atoms with Gasteiger partial charge in [0, 0.05) is 11.3 Å². The molecule has 0 bridgehead atoms. The van der Waals surface area contributed by atoms with E-state index in [0.717, 1.165) is 17.1 Å². The molecule has 20 heavy (non-hydrogen) atoms. The number of benzene rings is 1. The number of aromatic nitrogens is 2. The minimum Gasteiger partial charge on any atom is -0.383 e. The highest BCUT2D eigenvalue weighted by Gasteiger charge is 2.15. The lowest BCUT2D eigenvalue weighted by Gasteiger charge is -2.15. The molecular formula is C16H20N4. The van der Waals surface area contributed by atoms with Gasteiger partial charge in [0.25, 0.3) is 0 Å². The number of rotatable bonds is 3. The molecule has 2 aromatic rings. The van der Waals surface area contributed by atoms with Gasteiger partial charge in [-0.05, 0) is 48.4 Å². The zero-order valence-corrected chi connectivity index (χ0v) is 12.0. The number of nitrogens with two attached hydrogens (primary N) is 1. The summed E-state index contributed by atoms with van der Waals surface area (Å²) < 4.78 is 0. The second-order valence-electron chi connectivity index (χ2n) is 5.64. The van der Waals surface area contributed by atoms with Crippen LogP contribution in [0.4, 0.5) is 17.3 Å². The van der Waals surface area contributed by atoms with Crippen LogP contribution >= 0.6 is 0 Å². The smallest absolute Gasteiger partial charge is 0.139 e. The lowest BCUT2D eigenvalue weighted by atomic mass is 10.0. The molecule has 0 unspecified atom stereocenters. The molecule has 0 saturated heterocycles. The molecule has 1 aromatic carbocycles. The molecule has 0 amide bonds. The monoisotopic (exact) mass is 268 g/mol. The van der Waals surface area contributed by atoms with E-state index in [0.29, 0.717) is 5.82 Å². The van der Waals surface area contributed by atoms with E-state index in [4.69, 9.17) is 5.73 Å². The molecule has 1 aliphatic carbocycles. The van der Waals surface area contributed by atoms with Crippen LogP contribution in [0.2, 0.25) is 0 Å². The highest BCUT2D eigenvalue weighted by Crippen LogP contribution is 2.30. The SMILES string of the molecule is CC(C)c1c(N)ncnc1Nc1ccc2c(c1)CCC2. The molecule has 1 aliphatic rings. The average molecular weight is 268 g/mol. The summed E-state index contributed by atoms with van der Waals surface area (Å²) in [6.07, 6.45) is 5.15. The fourth-order valence-corrected chi connectivity index (χ4v) is 2.86.